The summed E-state index contributed by atoms with van der Waals surface area (Å²) in [5.41, 5.74) is 10.7. The fourth-order valence-electron chi connectivity index (χ4n) is 4.02. The molecule has 8 nitrogen and oxygen atoms in total. The number of hydrogen-bond acceptors (Lipinski definition) is 6. The lowest BCUT2D eigenvalue weighted by Crippen LogP contribution is -2.30. The molecule has 4 rings (SSSR count). The van der Waals surface area contributed by atoms with Gasteiger partial charge in [0.25, 0.3) is 5.91 Å². The van der Waals surface area contributed by atoms with Gasteiger partial charge in [0.05, 0.1) is 36.2 Å². The van der Waals surface area contributed by atoms with Gasteiger partial charge in [-0.05, 0) is 42.4 Å². The zero-order chi connectivity index (χ0) is 24.9. The third kappa shape index (κ3) is 5.39. The van der Waals surface area contributed by atoms with E-state index in [0.717, 1.165) is 16.8 Å². The minimum Gasteiger partial charge on any atom is -0.465 e. The minimum atomic E-state index is -0.470. The molecular formula is C27H26N4O4. The first kappa shape index (κ1) is 23.7. The van der Waals surface area contributed by atoms with E-state index in [-0.39, 0.29) is 18.4 Å². The molecule has 0 bridgehead atoms. The normalized spacial score (nSPS) is 13.7. The Morgan fingerprint density at radius 3 is 2.37 bits per heavy atom. The number of anilines is 2. The van der Waals surface area contributed by atoms with Gasteiger partial charge in [-0.1, -0.05) is 48.5 Å². The summed E-state index contributed by atoms with van der Waals surface area (Å²) in [6.07, 6.45) is 0. The van der Waals surface area contributed by atoms with Crippen LogP contribution in [-0.2, 0) is 20.9 Å². The van der Waals surface area contributed by atoms with Crippen molar-refractivity contribution >= 4 is 40.4 Å². The number of rotatable bonds is 8. The number of carbonyl (C=O) groups is 3. The van der Waals surface area contributed by atoms with Gasteiger partial charge in [-0.15, -0.1) is 0 Å². The van der Waals surface area contributed by atoms with Crippen LogP contribution < -0.4 is 16.4 Å². The van der Waals surface area contributed by atoms with Crippen molar-refractivity contribution in [3.05, 3.63) is 95.1 Å². The Kier molecular flexibility index (Phi) is 6.93. The molecule has 0 saturated carbocycles. The number of fused-ring (bicyclic) bond motifs is 1. The van der Waals surface area contributed by atoms with Crippen LogP contribution in [0.3, 0.4) is 0 Å². The molecule has 1 aliphatic rings. The molecule has 3 aromatic rings. The number of esters is 1. The number of benzene rings is 3. The third-order valence-corrected chi connectivity index (χ3v) is 5.60. The summed E-state index contributed by atoms with van der Waals surface area (Å²) in [6.45, 7) is 0.755. The number of amides is 2. The number of carbonyl (C=O) groups excluding carboxylic acids is 3. The van der Waals surface area contributed by atoms with Crippen molar-refractivity contribution in [3.8, 4) is 0 Å². The molecular weight excluding hydrogens is 444 g/mol. The van der Waals surface area contributed by atoms with Crippen molar-refractivity contribution in [1.82, 2.24) is 4.90 Å². The Bertz CT molecular complexity index is 1300. The lowest BCUT2D eigenvalue weighted by molar-refractivity contribution is -0.119. The summed E-state index contributed by atoms with van der Waals surface area (Å²) >= 11 is 0. The highest BCUT2D eigenvalue weighted by Gasteiger charge is 2.29. The summed E-state index contributed by atoms with van der Waals surface area (Å²) in [4.78, 5) is 38.0. The molecule has 35 heavy (non-hydrogen) atoms. The maximum atomic E-state index is 13.1. The zero-order valence-electron chi connectivity index (χ0n) is 19.5. The molecule has 0 radical (unpaired) electrons. The Morgan fingerprint density at radius 1 is 1.00 bits per heavy atom. The summed E-state index contributed by atoms with van der Waals surface area (Å²) in [6, 6.07) is 22.3. The number of likely N-dealkylation sites (N-methyl/N-ethyl adjacent to an activating group) is 1. The first-order chi connectivity index (χ1) is 16.9. The highest BCUT2D eigenvalue weighted by molar-refractivity contribution is 6.37. The van der Waals surface area contributed by atoms with Crippen LogP contribution in [0.2, 0.25) is 0 Å². The van der Waals surface area contributed by atoms with E-state index in [0.29, 0.717) is 34.6 Å². The first-order valence-corrected chi connectivity index (χ1v) is 11.0. The van der Waals surface area contributed by atoms with E-state index in [1.807, 2.05) is 66.5 Å². The average molecular weight is 471 g/mol. The van der Waals surface area contributed by atoms with Crippen molar-refractivity contribution < 1.29 is 19.1 Å². The highest BCUT2D eigenvalue weighted by atomic mass is 16.5. The van der Waals surface area contributed by atoms with Crippen molar-refractivity contribution in [2.45, 2.75) is 6.54 Å². The molecule has 3 aromatic carbocycles. The van der Waals surface area contributed by atoms with Crippen LogP contribution in [0, 0.1) is 0 Å². The van der Waals surface area contributed by atoms with Crippen molar-refractivity contribution in [2.24, 2.45) is 5.73 Å². The molecule has 0 spiro atoms. The van der Waals surface area contributed by atoms with Crippen LogP contribution in [-0.4, -0.2) is 43.4 Å². The Hall–Kier alpha value is -4.43. The fourth-order valence-corrected chi connectivity index (χ4v) is 4.02. The van der Waals surface area contributed by atoms with Gasteiger partial charge in [0.2, 0.25) is 5.91 Å². The number of primary amides is 1. The quantitative estimate of drug-likeness (QED) is 0.344. The summed E-state index contributed by atoms with van der Waals surface area (Å²) < 4.78 is 4.80. The Labute approximate surface area is 203 Å². The predicted molar refractivity (Wildman–Crippen MR) is 135 cm³/mol. The maximum Gasteiger partial charge on any atom is 0.337 e. The van der Waals surface area contributed by atoms with Crippen molar-refractivity contribution in [3.63, 3.8) is 0 Å². The Balaban J connectivity index is 1.69. The second kappa shape index (κ2) is 10.2. The molecule has 1 heterocycles. The topological polar surface area (TPSA) is 114 Å². The summed E-state index contributed by atoms with van der Waals surface area (Å²) in [7, 11) is 3.15. The smallest absolute Gasteiger partial charge is 0.337 e. The molecule has 0 atom stereocenters. The van der Waals surface area contributed by atoms with Crippen LogP contribution in [0.5, 0.6) is 0 Å². The lowest BCUT2D eigenvalue weighted by atomic mass is 9.99. The van der Waals surface area contributed by atoms with Gasteiger partial charge in [-0.25, -0.2) is 4.79 Å². The Morgan fingerprint density at radius 2 is 1.71 bits per heavy atom. The van der Waals surface area contributed by atoms with Crippen molar-refractivity contribution in [2.75, 3.05) is 31.3 Å². The standard InChI is InChI=1S/C27H26N4O4/c1-31(16-23(28)32)15-17-8-11-20(12-9-17)29-25(18-6-4-3-5-7-18)24-21-13-10-19(27(34)35-2)14-22(21)30-26(24)33/h3-14,29H,15-16H2,1-2H3,(H2,28,32)(H,30,33)/b25-24-. The van der Waals surface area contributed by atoms with E-state index >= 15 is 0 Å². The predicted octanol–water partition coefficient (Wildman–Crippen LogP) is 3.32. The second-order valence-electron chi connectivity index (χ2n) is 8.28. The number of nitrogens with zero attached hydrogens (tertiary/aromatic N) is 1. The molecule has 0 fully saturated rings. The van der Waals surface area contributed by atoms with Crippen LogP contribution in [0.1, 0.15) is 27.0 Å². The van der Waals surface area contributed by atoms with Crippen molar-refractivity contribution in [1.29, 1.82) is 0 Å². The van der Waals surface area contributed by atoms with Crippen LogP contribution in [0.4, 0.5) is 11.4 Å². The number of nitrogens with two attached hydrogens (primary N) is 1. The van der Waals surface area contributed by atoms with E-state index in [2.05, 4.69) is 10.6 Å². The van der Waals surface area contributed by atoms with Crippen LogP contribution in [0.15, 0.2) is 72.8 Å². The van der Waals surface area contributed by atoms with E-state index in [1.165, 1.54) is 7.11 Å². The molecule has 8 heteroatoms. The van der Waals surface area contributed by atoms with Gasteiger partial charge in [0.15, 0.2) is 0 Å². The first-order valence-electron chi connectivity index (χ1n) is 11.0. The second-order valence-corrected chi connectivity index (χ2v) is 8.28. The minimum absolute atomic E-state index is 0.177. The fraction of sp³-hybridized carbons (Fsp3) is 0.148. The van der Waals surface area contributed by atoms with Gasteiger partial charge in [0.1, 0.15) is 0 Å². The number of methoxy groups -OCH3 is 1. The molecule has 0 aromatic heterocycles. The van der Waals surface area contributed by atoms with Gasteiger partial charge in [0, 0.05) is 17.8 Å². The molecule has 0 saturated heterocycles. The zero-order valence-corrected chi connectivity index (χ0v) is 19.5. The van der Waals surface area contributed by atoms with E-state index in [9.17, 15) is 14.4 Å². The highest BCUT2D eigenvalue weighted by Crippen LogP contribution is 2.38. The van der Waals surface area contributed by atoms with E-state index in [1.54, 1.807) is 18.2 Å². The van der Waals surface area contributed by atoms with E-state index in [4.69, 9.17) is 10.5 Å². The van der Waals surface area contributed by atoms with Crippen LogP contribution >= 0.6 is 0 Å². The molecule has 1 aliphatic heterocycles. The monoisotopic (exact) mass is 470 g/mol. The van der Waals surface area contributed by atoms with E-state index < -0.39 is 5.97 Å². The summed E-state index contributed by atoms with van der Waals surface area (Å²) in [5.74, 6) is -1.11. The SMILES string of the molecule is COC(=O)c1ccc2c(c1)NC(=O)/C2=C(\Nc1ccc(CN(C)CC(N)=O)cc1)c1ccccc1. The van der Waals surface area contributed by atoms with Gasteiger partial charge >= 0.3 is 5.97 Å². The summed E-state index contributed by atoms with van der Waals surface area (Å²) in [5, 5.41) is 6.27. The van der Waals surface area contributed by atoms with Crippen LogP contribution in [0.25, 0.3) is 11.3 Å². The molecule has 178 valence electrons. The number of ether oxygens (including phenoxy) is 1. The third-order valence-electron chi connectivity index (χ3n) is 5.60. The molecule has 0 unspecified atom stereocenters. The van der Waals surface area contributed by atoms with Gasteiger partial charge in [-0.3, -0.25) is 14.5 Å². The van der Waals surface area contributed by atoms with Gasteiger partial charge in [-0.2, -0.15) is 0 Å². The average Bonchev–Trinajstić information content (AvgIpc) is 3.17. The van der Waals surface area contributed by atoms with Gasteiger partial charge < -0.3 is 21.1 Å². The molecule has 0 aliphatic carbocycles. The molecule has 4 N–H and O–H groups in total. The number of nitrogens with one attached hydrogen (secondary N) is 2. The largest absolute Gasteiger partial charge is 0.465 e. The lowest BCUT2D eigenvalue weighted by Gasteiger charge is -2.17. The number of hydrogen-bond donors (Lipinski definition) is 3. The maximum absolute atomic E-state index is 13.1. The molecule has 2 amide bonds.